The Labute approximate surface area is 143 Å². The number of hydrogen-bond donors (Lipinski definition) is 2. The summed E-state index contributed by atoms with van der Waals surface area (Å²) in [6.45, 7) is 0. The Bertz CT molecular complexity index is 844. The molecule has 3 atom stereocenters. The highest BCUT2D eigenvalue weighted by Crippen LogP contribution is 2.51. The minimum atomic E-state index is -0.949. The van der Waals surface area contributed by atoms with Crippen LogP contribution in [0.2, 0.25) is 5.02 Å². The highest BCUT2D eigenvalue weighted by atomic mass is 35.5. The fraction of sp³-hybridized carbons (Fsp3) is 0.211. The highest BCUT2D eigenvalue weighted by molar-refractivity contribution is 6.31. The molecule has 0 saturated heterocycles. The first kappa shape index (κ1) is 15.2. The summed E-state index contributed by atoms with van der Waals surface area (Å²) in [6, 6.07) is 9.49. The number of nitrogens with one attached hydrogen (secondary N) is 1. The van der Waals surface area contributed by atoms with Crippen molar-refractivity contribution in [3.05, 3.63) is 76.1 Å². The van der Waals surface area contributed by atoms with E-state index >= 15 is 0 Å². The van der Waals surface area contributed by atoms with Gasteiger partial charge in [-0.25, -0.2) is 9.18 Å². The number of carboxylic acid groups (broad SMARTS) is 1. The van der Waals surface area contributed by atoms with Crippen LogP contribution >= 0.6 is 11.6 Å². The van der Waals surface area contributed by atoms with E-state index in [9.17, 15) is 14.3 Å². The molecule has 4 rings (SSSR count). The summed E-state index contributed by atoms with van der Waals surface area (Å²) in [5.41, 5.74) is 2.51. The molecule has 0 saturated carbocycles. The zero-order valence-corrected chi connectivity index (χ0v) is 13.4. The maximum atomic E-state index is 14.4. The molecule has 0 fully saturated rings. The third-order valence-corrected chi connectivity index (χ3v) is 5.25. The zero-order valence-electron chi connectivity index (χ0n) is 12.7. The largest absolute Gasteiger partial charge is 0.478 e. The van der Waals surface area contributed by atoms with Crippen molar-refractivity contribution >= 4 is 23.3 Å². The molecule has 2 aromatic rings. The lowest BCUT2D eigenvalue weighted by molar-refractivity contribution is 0.0696. The Hall–Kier alpha value is -2.33. The van der Waals surface area contributed by atoms with Crippen LogP contribution in [0.15, 0.2) is 48.6 Å². The molecule has 5 heteroatoms. The van der Waals surface area contributed by atoms with E-state index in [0.29, 0.717) is 10.6 Å². The third-order valence-electron chi connectivity index (χ3n) is 4.92. The zero-order chi connectivity index (χ0) is 16.8. The van der Waals surface area contributed by atoms with Gasteiger partial charge < -0.3 is 10.4 Å². The van der Waals surface area contributed by atoms with E-state index in [1.165, 1.54) is 6.07 Å². The van der Waals surface area contributed by atoms with Gasteiger partial charge in [0.2, 0.25) is 0 Å². The van der Waals surface area contributed by atoms with Crippen molar-refractivity contribution < 1.29 is 14.3 Å². The Balaban J connectivity index is 1.83. The van der Waals surface area contributed by atoms with Crippen molar-refractivity contribution in [1.29, 1.82) is 0 Å². The molecule has 1 aliphatic carbocycles. The van der Waals surface area contributed by atoms with Gasteiger partial charge >= 0.3 is 5.97 Å². The second kappa shape index (κ2) is 5.64. The van der Waals surface area contributed by atoms with Crippen LogP contribution in [0.1, 0.15) is 39.9 Å². The highest BCUT2D eigenvalue weighted by Gasteiger charge is 2.39. The molecule has 1 aliphatic heterocycles. The average Bonchev–Trinajstić information content (AvgIpc) is 3.04. The number of rotatable bonds is 2. The maximum absolute atomic E-state index is 14.4. The van der Waals surface area contributed by atoms with Gasteiger partial charge in [-0.15, -0.1) is 0 Å². The molecular weight excluding hydrogens is 329 g/mol. The van der Waals surface area contributed by atoms with Crippen molar-refractivity contribution in [2.75, 3.05) is 5.32 Å². The lowest BCUT2D eigenvalue weighted by atomic mass is 9.76. The minimum absolute atomic E-state index is 0.0567. The summed E-state index contributed by atoms with van der Waals surface area (Å²) in [6.07, 6.45) is 4.95. The first-order chi connectivity index (χ1) is 11.6. The van der Waals surface area contributed by atoms with Gasteiger partial charge in [0.15, 0.2) is 0 Å². The monoisotopic (exact) mass is 343 g/mol. The number of carbonyl (C=O) groups is 1. The fourth-order valence-corrected chi connectivity index (χ4v) is 4.10. The van der Waals surface area contributed by atoms with Gasteiger partial charge in [0.05, 0.1) is 11.6 Å². The van der Waals surface area contributed by atoms with Gasteiger partial charge in [-0.3, -0.25) is 0 Å². The van der Waals surface area contributed by atoms with Crippen molar-refractivity contribution in [2.24, 2.45) is 5.92 Å². The molecule has 2 N–H and O–H groups in total. The Morgan fingerprint density at radius 2 is 2.12 bits per heavy atom. The van der Waals surface area contributed by atoms with E-state index in [-0.39, 0.29) is 29.3 Å². The predicted octanol–water partition coefficient (Wildman–Crippen LogP) is 5.00. The molecule has 0 unspecified atom stereocenters. The molecule has 2 aliphatic rings. The summed E-state index contributed by atoms with van der Waals surface area (Å²) in [5, 5.41) is 13.0. The second-order valence-electron chi connectivity index (χ2n) is 6.22. The van der Waals surface area contributed by atoms with Crippen LogP contribution < -0.4 is 5.32 Å². The number of aromatic carboxylic acids is 1. The number of fused-ring (bicyclic) bond motifs is 3. The molecule has 3 nitrogen and oxygen atoms in total. The van der Waals surface area contributed by atoms with Crippen LogP contribution in [-0.4, -0.2) is 11.1 Å². The summed E-state index contributed by atoms with van der Waals surface area (Å²) < 4.78 is 14.4. The molecule has 0 radical (unpaired) electrons. The lowest BCUT2D eigenvalue weighted by Gasteiger charge is -2.38. The van der Waals surface area contributed by atoms with Crippen LogP contribution in [-0.2, 0) is 0 Å². The predicted molar refractivity (Wildman–Crippen MR) is 91.2 cm³/mol. The maximum Gasteiger partial charge on any atom is 0.335 e. The van der Waals surface area contributed by atoms with E-state index in [1.54, 1.807) is 30.3 Å². The second-order valence-corrected chi connectivity index (χ2v) is 6.63. The third kappa shape index (κ3) is 2.29. The van der Waals surface area contributed by atoms with Crippen LogP contribution in [0.5, 0.6) is 0 Å². The number of hydrogen-bond acceptors (Lipinski definition) is 2. The van der Waals surface area contributed by atoms with Crippen molar-refractivity contribution in [3.63, 3.8) is 0 Å². The minimum Gasteiger partial charge on any atom is -0.478 e. The molecule has 24 heavy (non-hydrogen) atoms. The molecule has 1 heterocycles. The fourth-order valence-electron chi connectivity index (χ4n) is 3.82. The van der Waals surface area contributed by atoms with E-state index < -0.39 is 5.97 Å². The van der Waals surface area contributed by atoms with Crippen LogP contribution in [0.4, 0.5) is 10.1 Å². The van der Waals surface area contributed by atoms with Crippen molar-refractivity contribution in [3.8, 4) is 0 Å². The number of anilines is 1. The van der Waals surface area contributed by atoms with Gasteiger partial charge in [0.1, 0.15) is 5.82 Å². The SMILES string of the molecule is O=C(O)c1ccc2c(c1)[C@H]1C=CC[C@@H]1[C@H](c1c(F)cccc1Cl)N2. The first-order valence-corrected chi connectivity index (χ1v) is 8.18. The number of allylic oxidation sites excluding steroid dienone is 2. The van der Waals surface area contributed by atoms with Crippen LogP contribution in [0, 0.1) is 11.7 Å². The summed E-state index contributed by atoms with van der Waals surface area (Å²) in [5.74, 6) is -1.11. The number of carboxylic acids is 1. The van der Waals surface area contributed by atoms with Gasteiger partial charge in [-0.2, -0.15) is 0 Å². The van der Waals surface area contributed by atoms with E-state index in [1.807, 2.05) is 0 Å². The molecule has 2 aromatic carbocycles. The Morgan fingerprint density at radius 3 is 2.88 bits per heavy atom. The van der Waals surface area contributed by atoms with E-state index in [4.69, 9.17) is 11.6 Å². The van der Waals surface area contributed by atoms with Gasteiger partial charge in [0, 0.05) is 22.2 Å². The standard InChI is InChI=1S/C19H15ClFNO2/c20-14-5-2-6-15(21)17(14)18-12-4-1-3-11(12)13-9-10(19(23)24)7-8-16(13)22-18/h1-3,5-9,11-12,18,22H,4H2,(H,23,24)/t11-,12-,18+/m0/s1. The summed E-state index contributed by atoms with van der Waals surface area (Å²) >= 11 is 6.27. The molecule has 0 spiro atoms. The van der Waals surface area contributed by atoms with Crippen LogP contribution in [0.25, 0.3) is 0 Å². The van der Waals surface area contributed by atoms with E-state index in [0.717, 1.165) is 17.7 Å². The quantitative estimate of drug-likeness (QED) is 0.754. The van der Waals surface area contributed by atoms with Gasteiger partial charge in [-0.1, -0.05) is 29.8 Å². The van der Waals surface area contributed by atoms with Crippen LogP contribution in [0.3, 0.4) is 0 Å². The normalized spacial score (nSPS) is 24.2. The van der Waals surface area contributed by atoms with Crippen molar-refractivity contribution in [1.82, 2.24) is 0 Å². The topological polar surface area (TPSA) is 49.3 Å². The number of halogens is 2. The molecule has 0 aromatic heterocycles. The smallest absolute Gasteiger partial charge is 0.335 e. The molecular formula is C19H15ClFNO2. The summed E-state index contributed by atoms with van der Waals surface area (Å²) in [7, 11) is 0. The Kier molecular flexibility index (Phi) is 3.57. The Morgan fingerprint density at radius 1 is 1.29 bits per heavy atom. The van der Waals surface area contributed by atoms with E-state index in [2.05, 4.69) is 17.5 Å². The molecule has 122 valence electrons. The number of benzene rings is 2. The van der Waals surface area contributed by atoms with Crippen molar-refractivity contribution in [2.45, 2.75) is 18.4 Å². The first-order valence-electron chi connectivity index (χ1n) is 7.80. The summed E-state index contributed by atoms with van der Waals surface area (Å²) in [4.78, 5) is 11.2. The van der Waals surface area contributed by atoms with Gasteiger partial charge in [-0.05, 0) is 48.2 Å². The average molecular weight is 344 g/mol. The molecule has 0 bridgehead atoms. The lowest BCUT2D eigenvalue weighted by Crippen LogP contribution is -2.30. The molecule has 0 amide bonds. The van der Waals surface area contributed by atoms with Gasteiger partial charge in [0.25, 0.3) is 0 Å².